The van der Waals surface area contributed by atoms with E-state index in [1.165, 1.54) is 0 Å². The maximum absolute atomic E-state index is 13.4. The zero-order valence-corrected chi connectivity index (χ0v) is 38.1. The SMILES string of the molecule is CC(=O)N[C@H]1[C@H](O[C@@H]2[C@@H](O)[C@@H](O)O[C@H](CO)[C@@H]2O)O[C@H](CO)[C@@H](O[C@@H]2O[C@H](CO)[C@H](O[C@@H]3O[C@H](CO)[C@H](O)[C@H](O)[C@H]3NC(C)=O)[C@H](O[C@]3(C(=O)O)C[C@H](O)[C@@H](NC(C)=O)[C@H]([C@H](O)[C@H](O)CO)O3)[C@H]2O)[C@@H]1O. The summed E-state index contributed by atoms with van der Waals surface area (Å²) < 4.78 is 51.9. The lowest BCUT2D eigenvalue weighted by atomic mass is 9.88. The van der Waals surface area contributed by atoms with E-state index < -0.39 is 222 Å². The number of hydrogen-bond donors (Lipinski definition) is 19. The van der Waals surface area contributed by atoms with Crippen LogP contribution >= 0.6 is 0 Å². The number of ether oxygens (including phenoxy) is 9. The lowest BCUT2D eigenvalue weighted by molar-refractivity contribution is -0.400. The minimum Gasteiger partial charge on any atom is -0.477 e. The molecule has 0 aromatic heterocycles. The van der Waals surface area contributed by atoms with Gasteiger partial charge in [-0.2, -0.15) is 0 Å². The summed E-state index contributed by atoms with van der Waals surface area (Å²) in [6.07, 6.45) is -45.9. The molecule has 0 aromatic carbocycles. The van der Waals surface area contributed by atoms with Gasteiger partial charge in [0.25, 0.3) is 5.79 Å². The summed E-state index contributed by atoms with van der Waals surface area (Å²) in [6, 6.07) is -5.28. The third kappa shape index (κ3) is 12.9. The molecule has 32 nitrogen and oxygen atoms in total. The van der Waals surface area contributed by atoms with Crippen molar-refractivity contribution >= 4 is 23.7 Å². The monoisotopic (exact) mass is 1040 g/mol. The number of carbonyl (C=O) groups is 4. The van der Waals surface area contributed by atoms with Gasteiger partial charge in [0.15, 0.2) is 25.2 Å². The second kappa shape index (κ2) is 25.0. The molecule has 0 aromatic rings. The van der Waals surface area contributed by atoms with Gasteiger partial charge in [0.2, 0.25) is 17.7 Å². The predicted octanol–water partition coefficient (Wildman–Crippen LogP) is -12.3. The van der Waals surface area contributed by atoms with E-state index in [-0.39, 0.29) is 0 Å². The molecular formula is C39H65N3O29. The van der Waals surface area contributed by atoms with Gasteiger partial charge in [-0.1, -0.05) is 0 Å². The van der Waals surface area contributed by atoms with Crippen molar-refractivity contribution in [2.24, 2.45) is 0 Å². The highest BCUT2D eigenvalue weighted by atomic mass is 16.8. The number of carbonyl (C=O) groups excluding carboxylic acids is 3. The van der Waals surface area contributed by atoms with Crippen LogP contribution in [0.4, 0.5) is 0 Å². The van der Waals surface area contributed by atoms with Crippen LogP contribution in [0.2, 0.25) is 0 Å². The second-order valence-corrected chi connectivity index (χ2v) is 17.6. The number of nitrogens with one attached hydrogen (secondary N) is 3. The molecule has 5 aliphatic rings. The van der Waals surface area contributed by atoms with E-state index in [4.69, 9.17) is 42.6 Å². The highest BCUT2D eigenvalue weighted by Crippen LogP contribution is 2.40. The second-order valence-electron chi connectivity index (χ2n) is 17.6. The van der Waals surface area contributed by atoms with Crippen molar-refractivity contribution in [3.8, 4) is 0 Å². The molecule has 19 N–H and O–H groups in total. The van der Waals surface area contributed by atoms with E-state index in [0.29, 0.717) is 0 Å². The van der Waals surface area contributed by atoms with Crippen molar-refractivity contribution in [1.82, 2.24) is 16.0 Å². The van der Waals surface area contributed by atoms with Gasteiger partial charge >= 0.3 is 5.97 Å². The molecule has 32 heteroatoms. The van der Waals surface area contributed by atoms with Crippen LogP contribution in [0.15, 0.2) is 0 Å². The van der Waals surface area contributed by atoms with Crippen molar-refractivity contribution in [1.29, 1.82) is 0 Å². The van der Waals surface area contributed by atoms with Gasteiger partial charge < -0.3 is 140 Å². The van der Waals surface area contributed by atoms with Gasteiger partial charge in [-0.25, -0.2) is 4.79 Å². The van der Waals surface area contributed by atoms with Crippen molar-refractivity contribution in [3.63, 3.8) is 0 Å². The summed E-state index contributed by atoms with van der Waals surface area (Å²) in [4.78, 5) is 50.4. The molecule has 5 heterocycles. The molecule has 0 spiro atoms. The van der Waals surface area contributed by atoms with Gasteiger partial charge in [-0.3, -0.25) is 14.4 Å². The summed E-state index contributed by atoms with van der Waals surface area (Å²) in [7, 11) is 0. The lowest BCUT2D eigenvalue weighted by Crippen LogP contribution is -2.72. The normalized spacial score (nSPS) is 45.0. The first-order chi connectivity index (χ1) is 33.4. The van der Waals surface area contributed by atoms with E-state index in [0.717, 1.165) is 20.8 Å². The fraction of sp³-hybridized carbons (Fsp3) is 0.897. The zero-order valence-electron chi connectivity index (χ0n) is 38.1. The molecule has 5 fully saturated rings. The van der Waals surface area contributed by atoms with E-state index in [1.807, 2.05) is 0 Å². The van der Waals surface area contributed by atoms with Crippen LogP contribution in [-0.2, 0) is 61.8 Å². The molecule has 0 radical (unpaired) electrons. The van der Waals surface area contributed by atoms with Gasteiger partial charge in [0.05, 0.1) is 45.2 Å². The molecule has 5 rings (SSSR count). The van der Waals surface area contributed by atoms with Crippen LogP contribution in [0.25, 0.3) is 0 Å². The Bertz CT molecular complexity index is 1780. The van der Waals surface area contributed by atoms with Crippen LogP contribution in [0, 0.1) is 0 Å². The maximum atomic E-state index is 13.4. The molecule has 3 amide bonds. The topological polar surface area (TPSA) is 511 Å². The molecule has 0 aliphatic carbocycles. The van der Waals surface area contributed by atoms with Gasteiger partial charge in [0, 0.05) is 27.2 Å². The van der Waals surface area contributed by atoms with Crippen LogP contribution in [0.3, 0.4) is 0 Å². The Labute approximate surface area is 402 Å². The summed E-state index contributed by atoms with van der Waals surface area (Å²) in [6.45, 7) is -2.41. The van der Waals surface area contributed by atoms with Crippen molar-refractivity contribution < 1.29 is 144 Å². The van der Waals surface area contributed by atoms with Gasteiger partial charge in [-0.05, 0) is 0 Å². The average Bonchev–Trinajstić information content (AvgIpc) is 3.31. The molecule has 5 saturated heterocycles. The van der Waals surface area contributed by atoms with E-state index in [1.54, 1.807) is 0 Å². The fourth-order valence-electron chi connectivity index (χ4n) is 8.94. The van der Waals surface area contributed by atoms with Crippen LogP contribution in [-0.4, -0.2) is 297 Å². The van der Waals surface area contributed by atoms with Crippen molar-refractivity contribution in [3.05, 3.63) is 0 Å². The smallest absolute Gasteiger partial charge is 0.364 e. The maximum Gasteiger partial charge on any atom is 0.364 e. The number of aliphatic hydroxyl groups is 15. The highest BCUT2D eigenvalue weighted by Gasteiger charge is 2.62. The number of aliphatic hydroxyl groups excluding tert-OH is 15. The number of carboxylic acids is 1. The zero-order chi connectivity index (χ0) is 53.0. The number of carboxylic acid groups (broad SMARTS) is 1. The van der Waals surface area contributed by atoms with E-state index >= 15 is 0 Å². The Balaban J connectivity index is 1.57. The average molecular weight is 1040 g/mol. The fourth-order valence-corrected chi connectivity index (χ4v) is 8.94. The molecule has 71 heavy (non-hydrogen) atoms. The van der Waals surface area contributed by atoms with Gasteiger partial charge in [0.1, 0.15) is 116 Å². The molecule has 26 atom stereocenters. The van der Waals surface area contributed by atoms with E-state index in [9.17, 15) is 101 Å². The Kier molecular flexibility index (Phi) is 20.7. The Morgan fingerprint density at radius 2 is 1.01 bits per heavy atom. The van der Waals surface area contributed by atoms with Crippen molar-refractivity contribution in [2.45, 2.75) is 186 Å². The van der Waals surface area contributed by atoms with Crippen LogP contribution < -0.4 is 16.0 Å². The molecule has 5 aliphatic heterocycles. The number of amides is 3. The highest BCUT2D eigenvalue weighted by molar-refractivity contribution is 5.77. The minimum absolute atomic E-state index is 0.845. The standard InChI is InChI=1S/C39H65N3O29/c1-10(48)40-19-13(51)4-39(38(61)62,70-31(19)22(53)14(52)5-43)71-33-28(59)37(66-18(9-47)30(33)68-35-20(41-11(2)49)25(56)23(54)15(6-44)64-35)67-29-17(8-46)65-36(21(26(29)57)42-12(3)50)69-32-24(55)16(7-45)63-34(60)27(32)58/h13-37,43-47,51-60H,4-9H2,1-3H3,(H,40,48)(H,41,49)(H,42,50)(H,61,62)/t13-,14+,15+,16+,17+,18+,19+,20+,21+,22+,23-,24-,25+,26+,27+,28+,29+,30-,31+,32-,33+,34-,35-,36-,37-,39-/m0/s1. The summed E-state index contributed by atoms with van der Waals surface area (Å²) in [5.41, 5.74) is 0. The van der Waals surface area contributed by atoms with Gasteiger partial charge in [-0.15, -0.1) is 0 Å². The quantitative estimate of drug-likeness (QED) is 0.0571. The first-order valence-corrected chi connectivity index (χ1v) is 22.2. The van der Waals surface area contributed by atoms with Crippen LogP contribution in [0.1, 0.15) is 27.2 Å². The number of hydrogen-bond acceptors (Lipinski definition) is 28. The van der Waals surface area contributed by atoms with Crippen LogP contribution in [0.5, 0.6) is 0 Å². The molecular weight excluding hydrogens is 974 g/mol. The third-order valence-corrected chi connectivity index (χ3v) is 12.5. The minimum atomic E-state index is -3.32. The first kappa shape index (κ1) is 58.8. The summed E-state index contributed by atoms with van der Waals surface area (Å²) >= 11 is 0. The number of rotatable bonds is 19. The molecule has 0 unspecified atom stereocenters. The summed E-state index contributed by atoms with van der Waals surface area (Å²) in [5.74, 6) is -8.02. The lowest BCUT2D eigenvalue weighted by Gasteiger charge is -2.52. The van der Waals surface area contributed by atoms with Crippen molar-refractivity contribution in [2.75, 3.05) is 33.0 Å². The molecule has 0 saturated carbocycles. The Hall–Kier alpha value is -3.08. The molecule has 0 bridgehead atoms. The van der Waals surface area contributed by atoms with E-state index in [2.05, 4.69) is 16.0 Å². The Morgan fingerprint density at radius 1 is 0.549 bits per heavy atom. The predicted molar refractivity (Wildman–Crippen MR) is 219 cm³/mol. The summed E-state index contributed by atoms with van der Waals surface area (Å²) in [5, 5.41) is 179. The largest absolute Gasteiger partial charge is 0.477 e. The number of aliphatic carboxylic acids is 1. The Morgan fingerprint density at radius 3 is 1.54 bits per heavy atom. The first-order valence-electron chi connectivity index (χ1n) is 22.2. The third-order valence-electron chi connectivity index (χ3n) is 12.5. The molecule has 410 valence electrons.